The number of esters is 1. The summed E-state index contributed by atoms with van der Waals surface area (Å²) in [6, 6.07) is 0. The van der Waals surface area contributed by atoms with E-state index in [0.717, 1.165) is 0 Å². The number of carbonyl (C=O) groups excluding carboxylic acids is 1. The van der Waals surface area contributed by atoms with E-state index < -0.39 is 5.97 Å². The third-order valence-corrected chi connectivity index (χ3v) is 1.14. The highest BCUT2D eigenvalue weighted by molar-refractivity contribution is 5.90. The molecule has 0 atom stereocenters. The Hall–Kier alpha value is -1.45. The highest BCUT2D eigenvalue weighted by atomic mass is 16.7. The van der Waals surface area contributed by atoms with Crippen LogP contribution in [0, 0.1) is 0 Å². The van der Waals surface area contributed by atoms with Gasteiger partial charge in [-0.15, -0.1) is 0 Å². The lowest BCUT2D eigenvalue weighted by atomic mass is 10.3. The number of ether oxygens (including phenoxy) is 3. The predicted octanol–water partition coefficient (Wildman–Crippen LogP) is 0.850. The van der Waals surface area contributed by atoms with Crippen LogP contribution < -0.4 is 0 Å². The van der Waals surface area contributed by atoms with Crippen molar-refractivity contribution in [2.75, 3.05) is 21.3 Å². The van der Waals surface area contributed by atoms with Gasteiger partial charge < -0.3 is 14.2 Å². The van der Waals surface area contributed by atoms with Crippen LogP contribution in [0.15, 0.2) is 24.2 Å². The molecule has 0 bridgehead atoms. The Morgan fingerprint density at radius 1 is 1.17 bits per heavy atom. The average Bonchev–Trinajstić information content (AvgIpc) is 2.12. The Bertz CT molecular complexity index is 199. The Balaban J connectivity index is 4.30. The summed E-state index contributed by atoms with van der Waals surface area (Å²) in [7, 11) is 4.14. The van der Waals surface area contributed by atoms with Gasteiger partial charge in [0.15, 0.2) is 0 Å². The molecule has 0 saturated heterocycles. The number of methoxy groups -OCH3 is 3. The number of carbonyl (C=O) groups is 1. The van der Waals surface area contributed by atoms with Crippen molar-refractivity contribution in [2.24, 2.45) is 0 Å². The normalized spacial score (nSPS) is 8.25. The summed E-state index contributed by atoms with van der Waals surface area (Å²) in [5, 5.41) is 0. The second kappa shape index (κ2) is 5.23. The predicted molar refractivity (Wildman–Crippen MR) is 43.3 cm³/mol. The van der Waals surface area contributed by atoms with E-state index in [2.05, 4.69) is 11.3 Å². The zero-order valence-electron chi connectivity index (χ0n) is 7.42. The molecule has 0 heterocycles. The van der Waals surface area contributed by atoms with Gasteiger partial charge in [-0.2, -0.15) is 0 Å². The van der Waals surface area contributed by atoms with Crippen LogP contribution in [0.2, 0.25) is 0 Å². The van der Waals surface area contributed by atoms with Crippen LogP contribution in [-0.4, -0.2) is 27.3 Å². The van der Waals surface area contributed by atoms with Gasteiger partial charge in [-0.3, -0.25) is 0 Å². The molecule has 0 spiro atoms. The first-order chi connectivity index (χ1) is 5.65. The molecule has 4 nitrogen and oxygen atoms in total. The summed E-state index contributed by atoms with van der Waals surface area (Å²) >= 11 is 0. The van der Waals surface area contributed by atoms with Crippen LogP contribution in [0.5, 0.6) is 0 Å². The van der Waals surface area contributed by atoms with Gasteiger partial charge in [0, 0.05) is 6.08 Å². The van der Waals surface area contributed by atoms with Crippen molar-refractivity contribution >= 4 is 5.97 Å². The van der Waals surface area contributed by atoms with Crippen molar-refractivity contribution < 1.29 is 19.0 Å². The molecule has 0 aromatic heterocycles. The maximum Gasteiger partial charge on any atom is 0.337 e. The summed E-state index contributed by atoms with van der Waals surface area (Å²) < 4.78 is 13.9. The Labute approximate surface area is 71.4 Å². The highest BCUT2D eigenvalue weighted by Crippen LogP contribution is 2.03. The lowest BCUT2D eigenvalue weighted by Gasteiger charge is -2.03. The van der Waals surface area contributed by atoms with Gasteiger partial charge in [0.05, 0.1) is 26.9 Å². The molecule has 68 valence electrons. The molecule has 0 aliphatic rings. The summed E-state index contributed by atoms with van der Waals surface area (Å²) in [5.74, 6) is -0.299. The average molecular weight is 172 g/mol. The first-order valence-corrected chi connectivity index (χ1v) is 3.22. The molecule has 12 heavy (non-hydrogen) atoms. The minimum Gasteiger partial charge on any atom is -0.469 e. The quantitative estimate of drug-likeness (QED) is 0.273. The Kier molecular flexibility index (Phi) is 4.60. The molecule has 0 unspecified atom stereocenters. The molecular formula is C8H12O4. The van der Waals surface area contributed by atoms with E-state index in [9.17, 15) is 4.79 Å². The minimum atomic E-state index is -0.512. The van der Waals surface area contributed by atoms with E-state index in [1.165, 1.54) is 27.4 Å². The highest BCUT2D eigenvalue weighted by Gasteiger charge is 2.05. The molecule has 0 radical (unpaired) electrons. The zero-order chi connectivity index (χ0) is 9.56. The van der Waals surface area contributed by atoms with E-state index >= 15 is 0 Å². The Morgan fingerprint density at radius 2 is 1.67 bits per heavy atom. The molecule has 0 saturated carbocycles. The molecule has 0 fully saturated rings. The molecule has 0 aromatic carbocycles. The summed E-state index contributed by atoms with van der Waals surface area (Å²) in [5.41, 5.74) is 0.177. The number of hydrogen-bond donors (Lipinski definition) is 0. The van der Waals surface area contributed by atoms with Crippen molar-refractivity contribution in [3.05, 3.63) is 24.2 Å². The van der Waals surface area contributed by atoms with Crippen LogP contribution in [0.25, 0.3) is 0 Å². The van der Waals surface area contributed by atoms with Crippen LogP contribution in [-0.2, 0) is 19.0 Å². The largest absolute Gasteiger partial charge is 0.469 e. The van der Waals surface area contributed by atoms with Crippen LogP contribution in [0.3, 0.4) is 0 Å². The standard InChI is InChI=1S/C8H12O4/c1-6(8(9)12-4)5-7(10-2)11-3/h5H,1H2,2-4H3. The molecule has 0 aromatic rings. The van der Waals surface area contributed by atoms with Crippen molar-refractivity contribution in [3.8, 4) is 0 Å². The Morgan fingerprint density at radius 3 is 2.00 bits per heavy atom. The van der Waals surface area contributed by atoms with E-state index in [0.29, 0.717) is 0 Å². The van der Waals surface area contributed by atoms with Gasteiger partial charge in [-0.1, -0.05) is 6.58 Å². The smallest absolute Gasteiger partial charge is 0.337 e. The lowest BCUT2D eigenvalue weighted by Crippen LogP contribution is -2.03. The van der Waals surface area contributed by atoms with Gasteiger partial charge in [-0.25, -0.2) is 4.79 Å². The topological polar surface area (TPSA) is 44.8 Å². The second-order valence-electron chi connectivity index (χ2n) is 1.89. The maximum atomic E-state index is 10.8. The summed E-state index contributed by atoms with van der Waals surface area (Å²) in [4.78, 5) is 10.8. The van der Waals surface area contributed by atoms with E-state index in [1.807, 2.05) is 0 Å². The fourth-order valence-corrected chi connectivity index (χ4v) is 0.533. The fraction of sp³-hybridized carbons (Fsp3) is 0.375. The van der Waals surface area contributed by atoms with Crippen LogP contribution >= 0.6 is 0 Å². The molecule has 0 rings (SSSR count). The third-order valence-electron chi connectivity index (χ3n) is 1.14. The fourth-order valence-electron chi connectivity index (χ4n) is 0.533. The SMILES string of the molecule is C=C(C=C(OC)OC)C(=O)OC. The number of hydrogen-bond acceptors (Lipinski definition) is 4. The van der Waals surface area contributed by atoms with Gasteiger partial charge in [-0.05, 0) is 0 Å². The molecule has 4 heteroatoms. The van der Waals surface area contributed by atoms with Gasteiger partial charge in [0.2, 0.25) is 0 Å². The van der Waals surface area contributed by atoms with Crippen molar-refractivity contribution in [2.45, 2.75) is 0 Å². The second-order valence-corrected chi connectivity index (χ2v) is 1.89. The lowest BCUT2D eigenvalue weighted by molar-refractivity contribution is -0.135. The first kappa shape index (κ1) is 10.6. The van der Waals surface area contributed by atoms with Crippen molar-refractivity contribution in [1.82, 2.24) is 0 Å². The van der Waals surface area contributed by atoms with E-state index in [4.69, 9.17) is 9.47 Å². The third kappa shape index (κ3) is 3.09. The maximum absolute atomic E-state index is 10.8. The first-order valence-electron chi connectivity index (χ1n) is 3.22. The van der Waals surface area contributed by atoms with Gasteiger partial charge >= 0.3 is 5.97 Å². The minimum absolute atomic E-state index is 0.177. The van der Waals surface area contributed by atoms with E-state index in [1.54, 1.807) is 0 Å². The van der Waals surface area contributed by atoms with Crippen LogP contribution in [0.4, 0.5) is 0 Å². The molecule has 0 N–H and O–H groups in total. The van der Waals surface area contributed by atoms with Crippen LogP contribution in [0.1, 0.15) is 0 Å². The van der Waals surface area contributed by atoms with E-state index in [-0.39, 0.29) is 11.5 Å². The molecular weight excluding hydrogens is 160 g/mol. The summed E-state index contributed by atoms with van der Waals surface area (Å²) in [6.07, 6.45) is 1.35. The molecule has 0 amide bonds. The zero-order valence-corrected chi connectivity index (χ0v) is 7.42. The van der Waals surface area contributed by atoms with Gasteiger partial charge in [0.25, 0.3) is 5.95 Å². The summed E-state index contributed by atoms with van der Waals surface area (Å²) in [6.45, 7) is 3.45. The van der Waals surface area contributed by atoms with Gasteiger partial charge in [0.1, 0.15) is 0 Å². The molecule has 0 aliphatic heterocycles. The monoisotopic (exact) mass is 172 g/mol. The number of rotatable bonds is 4. The molecule has 0 aliphatic carbocycles. The van der Waals surface area contributed by atoms with Crippen molar-refractivity contribution in [3.63, 3.8) is 0 Å². The van der Waals surface area contributed by atoms with Crippen molar-refractivity contribution in [1.29, 1.82) is 0 Å².